The minimum atomic E-state index is -1.12. The van der Waals surface area contributed by atoms with Crippen molar-refractivity contribution in [1.82, 2.24) is 24.6 Å². The summed E-state index contributed by atoms with van der Waals surface area (Å²) in [5.74, 6) is 0.158. The quantitative estimate of drug-likeness (QED) is 0.173. The zero-order valence-electron chi connectivity index (χ0n) is 25.9. The normalized spacial score (nSPS) is 14.2. The Hall–Kier alpha value is -5.26. The Labute approximate surface area is 284 Å². The second-order valence-electron chi connectivity index (χ2n) is 11.4. The molecule has 13 heteroatoms. The second-order valence-corrected chi connectivity index (χ2v) is 12.1. The van der Waals surface area contributed by atoms with Gasteiger partial charge in [-0.05, 0) is 43.2 Å². The van der Waals surface area contributed by atoms with E-state index in [0.29, 0.717) is 74.0 Å². The number of pyridine rings is 2. The zero-order valence-corrected chi connectivity index (χ0v) is 27.4. The number of ether oxygens (including phenoxy) is 1. The zero-order chi connectivity index (χ0) is 34.1. The summed E-state index contributed by atoms with van der Waals surface area (Å²) in [6.45, 7) is 1.92. The number of benzene rings is 2. The molecule has 1 atom stereocenters. The van der Waals surface area contributed by atoms with Gasteiger partial charge in [-0.1, -0.05) is 59.6 Å². The predicted molar refractivity (Wildman–Crippen MR) is 182 cm³/mol. The molecule has 1 aliphatic rings. The van der Waals surface area contributed by atoms with Crippen molar-refractivity contribution < 1.29 is 24.2 Å². The van der Waals surface area contributed by atoms with Crippen LogP contribution in [0.15, 0.2) is 71.7 Å². The van der Waals surface area contributed by atoms with Gasteiger partial charge in [0, 0.05) is 58.7 Å². The molecule has 1 unspecified atom stereocenters. The van der Waals surface area contributed by atoms with Crippen LogP contribution in [0.3, 0.4) is 0 Å². The first-order valence-electron chi connectivity index (χ1n) is 15.0. The van der Waals surface area contributed by atoms with E-state index < -0.39 is 11.7 Å². The number of nitrogens with one attached hydrogen (secondary N) is 1. The summed E-state index contributed by atoms with van der Waals surface area (Å²) in [6, 6.07) is 17.9. The summed E-state index contributed by atoms with van der Waals surface area (Å²) in [6.07, 6.45) is 1.57. The van der Waals surface area contributed by atoms with Crippen LogP contribution in [-0.4, -0.2) is 62.4 Å². The standard InChI is InChI=1S/C35H29Cl2N5O6/c1-19-13-21(14-29-38-15-22(18-43)34(45)42(19)29)24-5-3-6-25(31(24)36)26-7-4-8-27(32(26)37)28-11-9-20(33(40-28)48-2)16-41(35(46)47)17-23-10-12-30(44)39-23/h3-9,11,13-15,18,23H,10,12,16-17H2,1-2H3,(H,39,44)(H,46,47). The molecule has 1 fully saturated rings. The minimum absolute atomic E-state index is 0.0188. The SMILES string of the molecule is COc1nc(-c2cccc(-c3cccc(-c4cc(C)n5c(=O)c(C=O)cnc5c4)c3Cl)c2Cl)ccc1CN(CC1CCC(=O)N1)C(=O)O. The monoisotopic (exact) mass is 685 g/mol. The smallest absolute Gasteiger partial charge is 0.407 e. The fourth-order valence-electron chi connectivity index (χ4n) is 5.94. The van der Waals surface area contributed by atoms with Gasteiger partial charge in [0.1, 0.15) is 5.65 Å². The Kier molecular flexibility index (Phi) is 9.16. The number of rotatable bonds is 9. The first kappa shape index (κ1) is 32.7. The topological polar surface area (TPSA) is 143 Å². The Balaban J connectivity index is 1.33. The molecule has 0 aliphatic carbocycles. The minimum Gasteiger partial charge on any atom is -0.481 e. The highest BCUT2D eigenvalue weighted by Gasteiger charge is 2.26. The van der Waals surface area contributed by atoms with Crippen molar-refractivity contribution in [2.75, 3.05) is 13.7 Å². The molecule has 0 radical (unpaired) electrons. The maximum Gasteiger partial charge on any atom is 0.407 e. The molecule has 0 bridgehead atoms. The lowest BCUT2D eigenvalue weighted by atomic mass is 9.96. The van der Waals surface area contributed by atoms with Gasteiger partial charge in [-0.3, -0.25) is 18.8 Å². The van der Waals surface area contributed by atoms with Crippen LogP contribution in [0.4, 0.5) is 4.79 Å². The molecule has 4 heterocycles. The fourth-order valence-corrected chi connectivity index (χ4v) is 6.61. The third-order valence-corrected chi connectivity index (χ3v) is 9.12. The molecule has 1 aliphatic heterocycles. The summed E-state index contributed by atoms with van der Waals surface area (Å²) < 4.78 is 6.95. The van der Waals surface area contributed by atoms with E-state index in [1.54, 1.807) is 31.2 Å². The maximum atomic E-state index is 12.7. The van der Waals surface area contributed by atoms with Crippen molar-refractivity contribution in [3.8, 4) is 39.4 Å². The van der Waals surface area contributed by atoms with Gasteiger partial charge in [0.2, 0.25) is 11.8 Å². The van der Waals surface area contributed by atoms with Crippen LogP contribution in [0.5, 0.6) is 5.88 Å². The van der Waals surface area contributed by atoms with Gasteiger partial charge < -0.3 is 20.1 Å². The van der Waals surface area contributed by atoms with Crippen molar-refractivity contribution >= 4 is 47.1 Å². The van der Waals surface area contributed by atoms with Gasteiger partial charge in [-0.25, -0.2) is 14.8 Å². The lowest BCUT2D eigenvalue weighted by molar-refractivity contribution is -0.119. The predicted octanol–water partition coefficient (Wildman–Crippen LogP) is 6.29. The fraction of sp³-hybridized carbons (Fsp3) is 0.200. The van der Waals surface area contributed by atoms with Gasteiger partial charge in [0.15, 0.2) is 6.29 Å². The third-order valence-electron chi connectivity index (χ3n) is 8.31. The van der Waals surface area contributed by atoms with Gasteiger partial charge in [0.05, 0.1) is 35.0 Å². The molecule has 1 saturated heterocycles. The van der Waals surface area contributed by atoms with E-state index in [4.69, 9.17) is 27.9 Å². The molecular weight excluding hydrogens is 657 g/mol. The number of hydrogen-bond donors (Lipinski definition) is 2. The Morgan fingerprint density at radius 3 is 2.40 bits per heavy atom. The lowest BCUT2D eigenvalue weighted by Gasteiger charge is -2.23. The Morgan fingerprint density at radius 2 is 1.75 bits per heavy atom. The summed E-state index contributed by atoms with van der Waals surface area (Å²) in [5.41, 5.74) is 4.91. The number of nitrogens with zero attached hydrogens (tertiary/aromatic N) is 4. The van der Waals surface area contributed by atoms with E-state index in [1.807, 2.05) is 36.4 Å². The van der Waals surface area contributed by atoms with Crippen LogP contribution in [0.25, 0.3) is 39.2 Å². The van der Waals surface area contributed by atoms with Crippen LogP contribution < -0.4 is 15.6 Å². The largest absolute Gasteiger partial charge is 0.481 e. The number of methoxy groups -OCH3 is 1. The number of carbonyl (C=O) groups excluding carboxylic acids is 2. The number of aromatic nitrogens is 3. The number of carbonyl (C=O) groups is 3. The van der Waals surface area contributed by atoms with Gasteiger partial charge >= 0.3 is 6.09 Å². The Bertz CT molecular complexity index is 2170. The van der Waals surface area contributed by atoms with E-state index in [1.165, 1.54) is 22.6 Å². The first-order valence-corrected chi connectivity index (χ1v) is 15.7. The van der Waals surface area contributed by atoms with Crippen molar-refractivity contribution in [1.29, 1.82) is 0 Å². The summed E-state index contributed by atoms with van der Waals surface area (Å²) in [7, 11) is 1.46. The van der Waals surface area contributed by atoms with Crippen LogP contribution in [0.2, 0.25) is 10.0 Å². The van der Waals surface area contributed by atoms with Crippen LogP contribution in [0.1, 0.15) is 34.5 Å². The van der Waals surface area contributed by atoms with Crippen LogP contribution >= 0.6 is 23.2 Å². The average Bonchev–Trinajstić information content (AvgIpc) is 3.49. The van der Waals surface area contributed by atoms with E-state index in [9.17, 15) is 24.3 Å². The van der Waals surface area contributed by atoms with E-state index in [-0.39, 0.29) is 36.5 Å². The van der Waals surface area contributed by atoms with Gasteiger partial charge in [-0.15, -0.1) is 0 Å². The highest BCUT2D eigenvalue weighted by molar-refractivity contribution is 6.39. The molecule has 2 aromatic carbocycles. The third kappa shape index (κ3) is 6.22. The van der Waals surface area contributed by atoms with E-state index >= 15 is 0 Å². The van der Waals surface area contributed by atoms with E-state index in [0.717, 1.165) is 5.56 Å². The molecule has 0 saturated carbocycles. The number of hydrogen-bond acceptors (Lipinski definition) is 7. The Morgan fingerprint density at radius 1 is 1.06 bits per heavy atom. The van der Waals surface area contributed by atoms with E-state index in [2.05, 4.69) is 15.3 Å². The number of amides is 2. The van der Waals surface area contributed by atoms with Crippen molar-refractivity contribution in [2.24, 2.45) is 0 Å². The molecule has 48 heavy (non-hydrogen) atoms. The number of fused-ring (bicyclic) bond motifs is 1. The number of carboxylic acid groups (broad SMARTS) is 1. The molecule has 244 valence electrons. The first-order chi connectivity index (χ1) is 23.1. The van der Waals surface area contributed by atoms with Crippen LogP contribution in [0, 0.1) is 6.92 Å². The number of aldehydes is 1. The molecule has 6 rings (SSSR count). The highest BCUT2D eigenvalue weighted by Crippen LogP contribution is 2.42. The summed E-state index contributed by atoms with van der Waals surface area (Å²) in [5, 5.41) is 13.5. The van der Waals surface area contributed by atoms with Gasteiger partial charge in [-0.2, -0.15) is 0 Å². The molecule has 0 spiro atoms. The summed E-state index contributed by atoms with van der Waals surface area (Å²) in [4.78, 5) is 57.8. The molecule has 2 amide bonds. The molecule has 11 nitrogen and oxygen atoms in total. The second kappa shape index (κ2) is 13.5. The molecule has 5 aromatic rings. The molecule has 2 N–H and O–H groups in total. The van der Waals surface area contributed by atoms with Crippen molar-refractivity contribution in [3.05, 3.63) is 104 Å². The van der Waals surface area contributed by atoms with Crippen molar-refractivity contribution in [3.63, 3.8) is 0 Å². The van der Waals surface area contributed by atoms with Gasteiger partial charge in [0.25, 0.3) is 5.56 Å². The van der Waals surface area contributed by atoms with Crippen molar-refractivity contribution in [2.45, 2.75) is 32.4 Å². The maximum absolute atomic E-state index is 12.7. The number of aryl methyl sites for hydroxylation is 1. The summed E-state index contributed by atoms with van der Waals surface area (Å²) >= 11 is 14.1. The highest BCUT2D eigenvalue weighted by atomic mass is 35.5. The average molecular weight is 687 g/mol. The molecule has 3 aromatic heterocycles. The number of halogens is 2. The lowest BCUT2D eigenvalue weighted by Crippen LogP contribution is -2.41. The molecular formula is C35H29Cl2N5O6. The van der Waals surface area contributed by atoms with Crippen LogP contribution in [-0.2, 0) is 11.3 Å².